The molecule has 0 aromatic heterocycles. The van der Waals surface area contributed by atoms with E-state index in [1.165, 1.54) is 0 Å². The molecule has 1 atom stereocenters. The molecule has 124 valence electrons. The SMILES string of the molecule is C=C(C)C(=O)OCC1(C)COC1.C=C(C)C(=O)OCC1CO1. The minimum absolute atomic E-state index is 0.0328. The first-order valence-electron chi connectivity index (χ1n) is 7.08. The van der Waals surface area contributed by atoms with Crippen LogP contribution in [0.3, 0.4) is 0 Å². The number of ether oxygens (including phenoxy) is 4. The zero-order chi connectivity index (χ0) is 16.8. The summed E-state index contributed by atoms with van der Waals surface area (Å²) in [4.78, 5) is 21.7. The average Bonchev–Trinajstić information content (AvgIpc) is 3.24. The number of epoxide rings is 1. The molecule has 0 amide bonds. The van der Waals surface area contributed by atoms with Gasteiger partial charge in [0.2, 0.25) is 0 Å². The van der Waals surface area contributed by atoms with E-state index in [0.717, 1.165) is 0 Å². The molecule has 0 spiro atoms. The van der Waals surface area contributed by atoms with Crippen LogP contribution in [0.15, 0.2) is 24.3 Å². The second kappa shape index (κ2) is 8.10. The van der Waals surface area contributed by atoms with E-state index in [1.54, 1.807) is 13.8 Å². The van der Waals surface area contributed by atoms with E-state index < -0.39 is 0 Å². The zero-order valence-electron chi connectivity index (χ0n) is 13.5. The van der Waals surface area contributed by atoms with Crippen molar-refractivity contribution >= 4 is 11.9 Å². The van der Waals surface area contributed by atoms with Crippen molar-refractivity contribution < 1.29 is 28.5 Å². The summed E-state index contributed by atoms with van der Waals surface area (Å²) in [7, 11) is 0. The Morgan fingerprint density at radius 2 is 1.64 bits per heavy atom. The van der Waals surface area contributed by atoms with Crippen molar-refractivity contribution in [3.8, 4) is 0 Å². The Morgan fingerprint density at radius 3 is 2.00 bits per heavy atom. The molecule has 1 unspecified atom stereocenters. The van der Waals surface area contributed by atoms with Crippen LogP contribution in [0, 0.1) is 5.41 Å². The fraction of sp³-hybridized carbons (Fsp3) is 0.625. The third kappa shape index (κ3) is 6.87. The predicted molar refractivity (Wildman–Crippen MR) is 80.2 cm³/mol. The molecule has 0 aromatic carbocycles. The number of hydrogen-bond acceptors (Lipinski definition) is 6. The standard InChI is InChI=1S/C9H14O3.C7H10O3/c1-7(2)8(10)12-6-9(3)4-11-5-9;1-5(2)7(8)10-4-6-3-9-6/h1,4-6H2,2-3H3;6H,1,3-4H2,2H3. The highest BCUT2D eigenvalue weighted by atomic mass is 16.6. The van der Waals surface area contributed by atoms with Gasteiger partial charge in [0.15, 0.2) is 0 Å². The maximum atomic E-state index is 11.0. The summed E-state index contributed by atoms with van der Waals surface area (Å²) in [6.45, 7) is 15.1. The van der Waals surface area contributed by atoms with Gasteiger partial charge in [-0.25, -0.2) is 9.59 Å². The highest BCUT2D eigenvalue weighted by Crippen LogP contribution is 2.26. The lowest BCUT2D eigenvalue weighted by Gasteiger charge is -2.37. The molecule has 2 aliphatic heterocycles. The first kappa shape index (κ1) is 18.4. The van der Waals surface area contributed by atoms with Crippen LogP contribution in [0.25, 0.3) is 0 Å². The second-order valence-electron chi connectivity index (χ2n) is 5.99. The summed E-state index contributed by atoms with van der Waals surface area (Å²) in [5.74, 6) is -0.654. The Morgan fingerprint density at radius 1 is 1.14 bits per heavy atom. The van der Waals surface area contributed by atoms with E-state index in [4.69, 9.17) is 18.9 Å². The first-order chi connectivity index (χ1) is 10.2. The molecule has 2 fully saturated rings. The zero-order valence-corrected chi connectivity index (χ0v) is 13.5. The number of rotatable bonds is 6. The van der Waals surface area contributed by atoms with Crippen molar-refractivity contribution in [3.63, 3.8) is 0 Å². The molecule has 2 aliphatic rings. The molecule has 6 nitrogen and oxygen atoms in total. The maximum Gasteiger partial charge on any atom is 0.333 e. The van der Waals surface area contributed by atoms with Crippen LogP contribution in [0.4, 0.5) is 0 Å². The molecular formula is C16H24O6. The van der Waals surface area contributed by atoms with E-state index in [2.05, 4.69) is 13.2 Å². The monoisotopic (exact) mass is 312 g/mol. The normalized spacial score (nSPS) is 20.6. The molecule has 2 saturated heterocycles. The Kier molecular flexibility index (Phi) is 6.77. The minimum atomic E-state index is -0.337. The van der Waals surface area contributed by atoms with Crippen molar-refractivity contribution in [1.29, 1.82) is 0 Å². The summed E-state index contributed by atoms with van der Waals surface area (Å²) < 4.78 is 19.6. The molecule has 6 heteroatoms. The summed E-state index contributed by atoms with van der Waals surface area (Å²) >= 11 is 0. The van der Waals surface area contributed by atoms with Crippen molar-refractivity contribution in [1.82, 2.24) is 0 Å². The van der Waals surface area contributed by atoms with Gasteiger partial charge >= 0.3 is 11.9 Å². The van der Waals surface area contributed by atoms with E-state index in [-0.39, 0.29) is 23.5 Å². The van der Waals surface area contributed by atoms with Crippen LogP contribution in [0.2, 0.25) is 0 Å². The van der Waals surface area contributed by atoms with Gasteiger partial charge in [-0.2, -0.15) is 0 Å². The summed E-state index contributed by atoms with van der Waals surface area (Å²) in [5, 5.41) is 0. The lowest BCUT2D eigenvalue weighted by Crippen LogP contribution is -2.44. The van der Waals surface area contributed by atoms with Crippen molar-refractivity contribution in [2.24, 2.45) is 5.41 Å². The maximum absolute atomic E-state index is 11.0. The molecule has 2 rings (SSSR count). The Bertz CT molecular complexity index is 446. The van der Waals surface area contributed by atoms with Gasteiger partial charge in [-0.15, -0.1) is 0 Å². The summed E-state index contributed by atoms with van der Waals surface area (Å²) in [5.41, 5.74) is 0.907. The molecular weight excluding hydrogens is 288 g/mol. The second-order valence-corrected chi connectivity index (χ2v) is 5.99. The van der Waals surface area contributed by atoms with Gasteiger partial charge in [-0.3, -0.25) is 0 Å². The highest BCUT2D eigenvalue weighted by molar-refractivity contribution is 5.87. The van der Waals surface area contributed by atoms with Gasteiger partial charge in [0.1, 0.15) is 19.3 Å². The fourth-order valence-electron chi connectivity index (χ4n) is 1.35. The van der Waals surface area contributed by atoms with E-state index in [1.807, 2.05) is 6.92 Å². The van der Waals surface area contributed by atoms with Crippen molar-refractivity contribution in [3.05, 3.63) is 24.3 Å². The Labute approximate surface area is 131 Å². The minimum Gasteiger partial charge on any atom is -0.462 e. The van der Waals surface area contributed by atoms with Crippen LogP contribution in [0.1, 0.15) is 20.8 Å². The Hall–Kier alpha value is -1.66. The number of carbonyl (C=O) groups excluding carboxylic acids is 2. The van der Waals surface area contributed by atoms with Gasteiger partial charge in [0.05, 0.1) is 19.8 Å². The first-order valence-corrected chi connectivity index (χ1v) is 7.08. The molecule has 0 saturated carbocycles. The van der Waals surface area contributed by atoms with Gasteiger partial charge in [-0.1, -0.05) is 20.1 Å². The molecule has 2 heterocycles. The number of carbonyl (C=O) groups is 2. The van der Waals surface area contributed by atoms with Crippen LogP contribution < -0.4 is 0 Å². The number of hydrogen-bond donors (Lipinski definition) is 0. The topological polar surface area (TPSA) is 74.4 Å². The van der Waals surface area contributed by atoms with Gasteiger partial charge in [0.25, 0.3) is 0 Å². The lowest BCUT2D eigenvalue weighted by atomic mass is 9.90. The largest absolute Gasteiger partial charge is 0.462 e. The molecule has 22 heavy (non-hydrogen) atoms. The lowest BCUT2D eigenvalue weighted by molar-refractivity contribution is -0.161. The molecule has 0 aromatic rings. The molecule has 0 N–H and O–H groups in total. The summed E-state index contributed by atoms with van der Waals surface area (Å²) in [6.07, 6.45) is 0.142. The van der Waals surface area contributed by atoms with E-state index in [9.17, 15) is 9.59 Å². The average molecular weight is 312 g/mol. The van der Waals surface area contributed by atoms with Crippen LogP contribution >= 0.6 is 0 Å². The van der Waals surface area contributed by atoms with E-state index in [0.29, 0.717) is 44.2 Å². The van der Waals surface area contributed by atoms with Crippen LogP contribution in [-0.2, 0) is 28.5 Å². The quantitative estimate of drug-likeness (QED) is 0.422. The van der Waals surface area contributed by atoms with Crippen molar-refractivity contribution in [2.45, 2.75) is 26.9 Å². The van der Waals surface area contributed by atoms with Crippen LogP contribution in [0.5, 0.6) is 0 Å². The van der Waals surface area contributed by atoms with E-state index >= 15 is 0 Å². The highest BCUT2D eigenvalue weighted by Gasteiger charge is 2.34. The van der Waals surface area contributed by atoms with Gasteiger partial charge in [-0.05, 0) is 13.8 Å². The predicted octanol–water partition coefficient (Wildman–Crippen LogP) is 1.65. The van der Waals surface area contributed by atoms with Gasteiger partial charge < -0.3 is 18.9 Å². The van der Waals surface area contributed by atoms with Crippen LogP contribution in [-0.4, -0.2) is 51.1 Å². The fourth-order valence-corrected chi connectivity index (χ4v) is 1.35. The summed E-state index contributed by atoms with van der Waals surface area (Å²) in [6, 6.07) is 0. The molecule has 0 radical (unpaired) electrons. The molecule has 0 bridgehead atoms. The smallest absolute Gasteiger partial charge is 0.333 e. The van der Waals surface area contributed by atoms with Crippen molar-refractivity contribution in [2.75, 3.05) is 33.0 Å². The molecule has 0 aliphatic carbocycles. The number of esters is 2. The van der Waals surface area contributed by atoms with Gasteiger partial charge in [0, 0.05) is 16.6 Å². The Balaban J connectivity index is 0.000000224. The third-order valence-electron chi connectivity index (χ3n) is 2.95. The third-order valence-corrected chi connectivity index (χ3v) is 2.95.